The van der Waals surface area contributed by atoms with Crippen LogP contribution in [0.4, 0.5) is 0 Å². The summed E-state index contributed by atoms with van der Waals surface area (Å²) in [6.07, 6.45) is 3.34. The summed E-state index contributed by atoms with van der Waals surface area (Å²) >= 11 is 1.91. The van der Waals surface area contributed by atoms with Gasteiger partial charge in [0.1, 0.15) is 11.4 Å². The Bertz CT molecular complexity index is 287. The predicted molar refractivity (Wildman–Crippen MR) is 62.7 cm³/mol. The van der Waals surface area contributed by atoms with E-state index in [9.17, 15) is 4.79 Å². The maximum atomic E-state index is 10.3. The smallest absolute Gasteiger partial charge is 0.168 e. The number of aldehydes is 1. The number of hydrogen-bond acceptors (Lipinski definition) is 4. The minimum Gasteiger partial charge on any atom is -0.492 e. The Labute approximate surface area is 94.2 Å². The largest absolute Gasteiger partial charge is 0.492 e. The van der Waals surface area contributed by atoms with Gasteiger partial charge in [0.05, 0.1) is 12.8 Å². The van der Waals surface area contributed by atoms with Crippen molar-refractivity contribution in [2.24, 2.45) is 0 Å². The third kappa shape index (κ3) is 4.83. The molecule has 1 aromatic rings. The van der Waals surface area contributed by atoms with E-state index in [0.29, 0.717) is 12.3 Å². The van der Waals surface area contributed by atoms with Crippen LogP contribution in [0, 0.1) is 0 Å². The molecule has 1 aromatic heterocycles. The lowest BCUT2D eigenvalue weighted by atomic mass is 10.4. The number of carbonyl (C=O) groups excluding carboxylic acids is 1. The number of carbonyl (C=O) groups is 1. The van der Waals surface area contributed by atoms with E-state index in [4.69, 9.17) is 4.74 Å². The predicted octanol–water partition coefficient (Wildman–Crippen LogP) is 2.42. The summed E-state index contributed by atoms with van der Waals surface area (Å²) in [6.45, 7) is 2.85. The van der Waals surface area contributed by atoms with Gasteiger partial charge in [-0.25, -0.2) is 4.98 Å². The maximum Gasteiger partial charge on any atom is 0.168 e. The van der Waals surface area contributed by atoms with E-state index in [2.05, 4.69) is 11.9 Å². The molecular weight excluding hydrogens is 210 g/mol. The van der Waals surface area contributed by atoms with Crippen molar-refractivity contribution in [1.29, 1.82) is 0 Å². The number of rotatable bonds is 7. The number of hydrogen-bond donors (Lipinski definition) is 0. The zero-order chi connectivity index (χ0) is 10.9. The summed E-state index contributed by atoms with van der Waals surface area (Å²) in [7, 11) is 0. The van der Waals surface area contributed by atoms with Gasteiger partial charge >= 0.3 is 0 Å². The molecule has 0 atom stereocenters. The molecule has 0 N–H and O–H groups in total. The van der Waals surface area contributed by atoms with Crippen LogP contribution in [0.1, 0.15) is 23.8 Å². The van der Waals surface area contributed by atoms with Gasteiger partial charge in [0.25, 0.3) is 0 Å². The summed E-state index contributed by atoms with van der Waals surface area (Å²) in [4.78, 5) is 14.3. The van der Waals surface area contributed by atoms with Gasteiger partial charge in [0, 0.05) is 0 Å². The summed E-state index contributed by atoms with van der Waals surface area (Å²) in [5.41, 5.74) is 0.434. The number of thioether (sulfide) groups is 1. The van der Waals surface area contributed by atoms with Crippen LogP contribution in [0.2, 0.25) is 0 Å². The second-order valence-electron chi connectivity index (χ2n) is 2.94. The van der Waals surface area contributed by atoms with Gasteiger partial charge in [-0.2, -0.15) is 11.8 Å². The first-order valence-corrected chi connectivity index (χ1v) is 6.14. The second kappa shape index (κ2) is 7.29. The van der Waals surface area contributed by atoms with Gasteiger partial charge in [-0.05, 0) is 30.1 Å². The Morgan fingerprint density at radius 2 is 2.40 bits per heavy atom. The molecule has 0 aliphatic heterocycles. The fourth-order valence-corrected chi connectivity index (χ4v) is 1.65. The highest BCUT2D eigenvalue weighted by molar-refractivity contribution is 7.99. The average Bonchev–Trinajstić information content (AvgIpc) is 2.30. The summed E-state index contributed by atoms with van der Waals surface area (Å²) < 4.78 is 5.46. The van der Waals surface area contributed by atoms with Crippen LogP contribution in [0.15, 0.2) is 18.3 Å². The standard InChI is InChI=1S/C11H15NO2S/c1-2-15-7-3-6-14-11-5-4-10(9-13)12-8-11/h4-5,8-9H,2-3,6-7H2,1H3. The highest BCUT2D eigenvalue weighted by Crippen LogP contribution is 2.09. The monoisotopic (exact) mass is 225 g/mol. The molecule has 0 saturated heterocycles. The Morgan fingerprint density at radius 1 is 1.53 bits per heavy atom. The van der Waals surface area contributed by atoms with E-state index in [1.807, 2.05) is 11.8 Å². The Kier molecular flexibility index (Phi) is 5.85. The average molecular weight is 225 g/mol. The number of nitrogens with zero attached hydrogens (tertiary/aromatic N) is 1. The fraction of sp³-hybridized carbons (Fsp3) is 0.455. The second-order valence-corrected chi connectivity index (χ2v) is 4.33. The van der Waals surface area contributed by atoms with Crippen LogP contribution in [0.3, 0.4) is 0 Å². The van der Waals surface area contributed by atoms with Crippen LogP contribution >= 0.6 is 11.8 Å². The van der Waals surface area contributed by atoms with Gasteiger partial charge in [-0.3, -0.25) is 4.79 Å². The number of aromatic nitrogens is 1. The Hall–Kier alpha value is -1.03. The lowest BCUT2D eigenvalue weighted by molar-refractivity contribution is 0.111. The molecule has 0 bridgehead atoms. The molecule has 82 valence electrons. The molecule has 4 heteroatoms. The lowest BCUT2D eigenvalue weighted by Gasteiger charge is -2.04. The van der Waals surface area contributed by atoms with E-state index < -0.39 is 0 Å². The summed E-state index contributed by atoms with van der Waals surface area (Å²) in [5.74, 6) is 2.99. The van der Waals surface area contributed by atoms with E-state index in [0.717, 1.165) is 30.0 Å². The van der Waals surface area contributed by atoms with E-state index >= 15 is 0 Å². The first-order valence-electron chi connectivity index (χ1n) is 4.98. The maximum absolute atomic E-state index is 10.3. The first-order chi connectivity index (χ1) is 7.36. The van der Waals surface area contributed by atoms with Crippen molar-refractivity contribution in [3.8, 4) is 5.75 Å². The molecule has 0 saturated carbocycles. The zero-order valence-corrected chi connectivity index (χ0v) is 9.63. The molecule has 0 aliphatic rings. The molecule has 0 aliphatic carbocycles. The topological polar surface area (TPSA) is 39.2 Å². The van der Waals surface area contributed by atoms with Gasteiger partial charge in [-0.15, -0.1) is 0 Å². The van der Waals surface area contributed by atoms with Gasteiger partial charge < -0.3 is 4.74 Å². The molecule has 1 rings (SSSR count). The minimum atomic E-state index is 0.434. The molecular formula is C11H15NO2S. The van der Waals surface area contributed by atoms with Crippen molar-refractivity contribution >= 4 is 18.0 Å². The van der Waals surface area contributed by atoms with Crippen molar-refractivity contribution in [3.63, 3.8) is 0 Å². The van der Waals surface area contributed by atoms with Crippen molar-refractivity contribution in [1.82, 2.24) is 4.98 Å². The number of pyridine rings is 1. The highest BCUT2D eigenvalue weighted by Gasteiger charge is 1.95. The molecule has 0 spiro atoms. The van der Waals surface area contributed by atoms with E-state index in [-0.39, 0.29) is 0 Å². The molecule has 0 amide bonds. The summed E-state index contributed by atoms with van der Waals surface area (Å²) in [6, 6.07) is 3.42. The van der Waals surface area contributed by atoms with Crippen molar-refractivity contribution in [2.75, 3.05) is 18.1 Å². The molecule has 3 nitrogen and oxygen atoms in total. The van der Waals surface area contributed by atoms with Crippen LogP contribution < -0.4 is 4.74 Å². The first kappa shape index (κ1) is 12.0. The van der Waals surface area contributed by atoms with E-state index in [1.165, 1.54) is 0 Å². The van der Waals surface area contributed by atoms with Crippen LogP contribution in [0.5, 0.6) is 5.75 Å². The zero-order valence-electron chi connectivity index (χ0n) is 8.81. The molecule has 1 heterocycles. The van der Waals surface area contributed by atoms with Gasteiger partial charge in [0.15, 0.2) is 6.29 Å². The Balaban J connectivity index is 2.22. The lowest BCUT2D eigenvalue weighted by Crippen LogP contribution is -1.99. The minimum absolute atomic E-state index is 0.434. The molecule has 0 unspecified atom stereocenters. The molecule has 0 aromatic carbocycles. The van der Waals surface area contributed by atoms with Crippen LogP contribution in [-0.4, -0.2) is 29.4 Å². The molecule has 15 heavy (non-hydrogen) atoms. The van der Waals surface area contributed by atoms with Crippen molar-refractivity contribution in [2.45, 2.75) is 13.3 Å². The summed E-state index contributed by atoms with van der Waals surface area (Å²) in [5, 5.41) is 0. The molecule has 0 radical (unpaired) electrons. The van der Waals surface area contributed by atoms with Crippen molar-refractivity contribution in [3.05, 3.63) is 24.0 Å². The third-order valence-electron chi connectivity index (χ3n) is 1.79. The van der Waals surface area contributed by atoms with Gasteiger partial charge in [0.2, 0.25) is 0 Å². The fourth-order valence-electron chi connectivity index (χ4n) is 1.04. The number of ether oxygens (including phenoxy) is 1. The third-order valence-corrected chi connectivity index (χ3v) is 2.77. The Morgan fingerprint density at radius 3 is 3.00 bits per heavy atom. The SMILES string of the molecule is CCSCCCOc1ccc(C=O)nc1. The van der Waals surface area contributed by atoms with Crippen molar-refractivity contribution < 1.29 is 9.53 Å². The van der Waals surface area contributed by atoms with Crippen LogP contribution in [-0.2, 0) is 0 Å². The van der Waals surface area contributed by atoms with Crippen LogP contribution in [0.25, 0.3) is 0 Å². The van der Waals surface area contributed by atoms with Gasteiger partial charge in [-0.1, -0.05) is 6.92 Å². The normalized spacial score (nSPS) is 9.93. The quantitative estimate of drug-likeness (QED) is 0.527. The highest BCUT2D eigenvalue weighted by atomic mass is 32.2. The molecule has 0 fully saturated rings. The van der Waals surface area contributed by atoms with E-state index in [1.54, 1.807) is 18.3 Å².